The Bertz CT molecular complexity index is 789. The number of benzene rings is 1. The first kappa shape index (κ1) is 20.9. The molecule has 27 heavy (non-hydrogen) atoms. The molecule has 2 rings (SSSR count). The van der Waals surface area contributed by atoms with Crippen molar-refractivity contribution in [1.29, 1.82) is 0 Å². The molecule has 0 radical (unpaired) electrons. The van der Waals surface area contributed by atoms with Crippen LogP contribution in [0.4, 0.5) is 0 Å². The molecule has 1 fully saturated rings. The third-order valence-electron chi connectivity index (χ3n) is 4.21. The molecule has 1 saturated heterocycles. The lowest BCUT2D eigenvalue weighted by Gasteiger charge is -2.10. The predicted molar refractivity (Wildman–Crippen MR) is 98.8 cm³/mol. The molecule has 0 bridgehead atoms. The maximum absolute atomic E-state index is 12.1. The minimum absolute atomic E-state index is 0.00491. The van der Waals surface area contributed by atoms with E-state index in [1.807, 2.05) is 6.92 Å². The van der Waals surface area contributed by atoms with E-state index in [-0.39, 0.29) is 42.5 Å². The van der Waals surface area contributed by atoms with Crippen LogP contribution in [0, 0.1) is 5.92 Å². The SMILES string of the molecule is CCOc1ccc(C(=O)CCC(=O)NNC(=O)CC2CCS(=O)(=O)C2)cc1. The lowest BCUT2D eigenvalue weighted by molar-refractivity contribution is -0.129. The van der Waals surface area contributed by atoms with Crippen LogP contribution in [0.25, 0.3) is 0 Å². The Morgan fingerprint density at radius 1 is 1.07 bits per heavy atom. The zero-order valence-electron chi connectivity index (χ0n) is 15.2. The highest BCUT2D eigenvalue weighted by Gasteiger charge is 2.29. The van der Waals surface area contributed by atoms with Crippen molar-refractivity contribution in [2.75, 3.05) is 18.1 Å². The number of carbonyl (C=O) groups is 3. The second-order valence-corrected chi connectivity index (χ2v) is 8.68. The van der Waals surface area contributed by atoms with Crippen molar-refractivity contribution in [2.45, 2.75) is 32.6 Å². The fraction of sp³-hybridized carbons (Fsp3) is 0.500. The van der Waals surface area contributed by atoms with Gasteiger partial charge in [0.15, 0.2) is 15.6 Å². The monoisotopic (exact) mass is 396 g/mol. The lowest BCUT2D eigenvalue weighted by Crippen LogP contribution is -2.42. The highest BCUT2D eigenvalue weighted by atomic mass is 32.2. The fourth-order valence-electron chi connectivity index (χ4n) is 2.82. The largest absolute Gasteiger partial charge is 0.494 e. The normalized spacial score (nSPS) is 17.9. The van der Waals surface area contributed by atoms with Gasteiger partial charge < -0.3 is 4.74 Å². The summed E-state index contributed by atoms with van der Waals surface area (Å²) in [5, 5.41) is 0. The van der Waals surface area contributed by atoms with Crippen LogP contribution >= 0.6 is 0 Å². The van der Waals surface area contributed by atoms with Crippen molar-refractivity contribution in [3.63, 3.8) is 0 Å². The van der Waals surface area contributed by atoms with E-state index in [9.17, 15) is 22.8 Å². The number of sulfone groups is 1. The van der Waals surface area contributed by atoms with Crippen molar-refractivity contribution in [2.24, 2.45) is 5.92 Å². The quantitative estimate of drug-likeness (QED) is 0.500. The Morgan fingerprint density at radius 2 is 1.74 bits per heavy atom. The smallest absolute Gasteiger partial charge is 0.238 e. The van der Waals surface area contributed by atoms with Crippen LogP contribution < -0.4 is 15.6 Å². The number of hydrogen-bond donors (Lipinski definition) is 2. The topological polar surface area (TPSA) is 119 Å². The number of amides is 2. The van der Waals surface area contributed by atoms with Gasteiger partial charge in [0, 0.05) is 24.8 Å². The Labute approximate surface area is 158 Å². The molecule has 1 aromatic carbocycles. The Balaban J connectivity index is 1.68. The Morgan fingerprint density at radius 3 is 2.33 bits per heavy atom. The predicted octanol–water partition coefficient (Wildman–Crippen LogP) is 1.02. The molecule has 148 valence electrons. The number of hydrazine groups is 1. The van der Waals surface area contributed by atoms with Crippen molar-refractivity contribution in [3.8, 4) is 5.75 Å². The minimum Gasteiger partial charge on any atom is -0.494 e. The van der Waals surface area contributed by atoms with Gasteiger partial charge in [0.05, 0.1) is 18.1 Å². The van der Waals surface area contributed by atoms with E-state index in [0.29, 0.717) is 24.3 Å². The van der Waals surface area contributed by atoms with Crippen LogP contribution in [0.15, 0.2) is 24.3 Å². The highest BCUT2D eigenvalue weighted by molar-refractivity contribution is 7.91. The van der Waals surface area contributed by atoms with Crippen molar-refractivity contribution < 1.29 is 27.5 Å². The molecule has 1 heterocycles. The van der Waals surface area contributed by atoms with E-state index < -0.39 is 21.7 Å². The Hall–Kier alpha value is -2.42. The standard InChI is InChI=1S/C18H24N2O6S/c1-2-26-15-5-3-14(4-6-15)16(21)7-8-17(22)19-20-18(23)11-13-9-10-27(24,25)12-13/h3-6,13H,2,7-12H2,1H3,(H,19,22)(H,20,23). The van der Waals surface area contributed by atoms with Crippen LogP contribution in [0.3, 0.4) is 0 Å². The molecule has 2 N–H and O–H groups in total. The molecule has 9 heteroatoms. The molecule has 8 nitrogen and oxygen atoms in total. The summed E-state index contributed by atoms with van der Waals surface area (Å²) in [6.07, 6.45) is 0.450. The van der Waals surface area contributed by atoms with E-state index in [1.165, 1.54) is 0 Å². The van der Waals surface area contributed by atoms with Crippen LogP contribution in [-0.2, 0) is 19.4 Å². The summed E-state index contributed by atoms with van der Waals surface area (Å²) in [5.74, 6) is -0.547. The number of rotatable bonds is 8. The molecule has 0 aromatic heterocycles. The molecular weight excluding hydrogens is 372 g/mol. The number of ketones is 1. The van der Waals surface area contributed by atoms with Crippen LogP contribution in [0.5, 0.6) is 5.75 Å². The zero-order valence-corrected chi connectivity index (χ0v) is 16.0. The average Bonchev–Trinajstić information content (AvgIpc) is 2.97. The van der Waals surface area contributed by atoms with E-state index in [1.54, 1.807) is 24.3 Å². The molecular formula is C18H24N2O6S. The molecule has 2 amide bonds. The number of carbonyl (C=O) groups excluding carboxylic acids is 3. The van der Waals surface area contributed by atoms with Gasteiger partial charge in [0.1, 0.15) is 5.75 Å². The van der Waals surface area contributed by atoms with Gasteiger partial charge in [-0.25, -0.2) is 8.42 Å². The zero-order chi connectivity index (χ0) is 19.9. The second kappa shape index (κ2) is 9.50. The van der Waals surface area contributed by atoms with Gasteiger partial charge in [0.2, 0.25) is 11.8 Å². The third kappa shape index (κ3) is 7.01. The molecule has 1 atom stereocenters. The average molecular weight is 396 g/mol. The Kier molecular flexibility index (Phi) is 7.35. The van der Waals surface area contributed by atoms with Gasteiger partial charge >= 0.3 is 0 Å². The number of nitrogens with one attached hydrogen (secondary N) is 2. The number of ether oxygens (including phenoxy) is 1. The highest BCUT2D eigenvalue weighted by Crippen LogP contribution is 2.21. The van der Waals surface area contributed by atoms with Gasteiger partial charge in [0.25, 0.3) is 0 Å². The van der Waals surface area contributed by atoms with Gasteiger partial charge in [-0.15, -0.1) is 0 Å². The van der Waals surface area contributed by atoms with Crippen molar-refractivity contribution in [1.82, 2.24) is 10.9 Å². The number of hydrogen-bond acceptors (Lipinski definition) is 6. The van der Waals surface area contributed by atoms with Crippen LogP contribution in [0.1, 0.15) is 43.0 Å². The van der Waals surface area contributed by atoms with E-state index in [0.717, 1.165) is 0 Å². The number of Topliss-reactive ketones (excluding diaryl/α,β-unsaturated/α-hetero) is 1. The molecule has 1 unspecified atom stereocenters. The summed E-state index contributed by atoms with van der Waals surface area (Å²) in [4.78, 5) is 35.6. The molecule has 1 aliphatic heterocycles. The summed E-state index contributed by atoms with van der Waals surface area (Å²) in [6, 6.07) is 6.67. The molecule has 0 aliphatic carbocycles. The molecule has 1 aromatic rings. The maximum Gasteiger partial charge on any atom is 0.238 e. The van der Waals surface area contributed by atoms with Gasteiger partial charge in [-0.1, -0.05) is 0 Å². The molecule has 0 saturated carbocycles. The summed E-state index contributed by atoms with van der Waals surface area (Å²) < 4.78 is 28.0. The third-order valence-corrected chi connectivity index (χ3v) is 6.05. The second-order valence-electron chi connectivity index (χ2n) is 6.45. The van der Waals surface area contributed by atoms with Gasteiger partial charge in [-0.2, -0.15) is 0 Å². The summed E-state index contributed by atoms with van der Waals surface area (Å²) in [5.41, 5.74) is 4.99. The maximum atomic E-state index is 12.1. The fourth-order valence-corrected chi connectivity index (χ4v) is 4.69. The molecule has 1 aliphatic rings. The first-order valence-electron chi connectivity index (χ1n) is 8.83. The summed E-state index contributed by atoms with van der Waals surface area (Å²) in [7, 11) is -3.04. The van der Waals surface area contributed by atoms with Gasteiger partial charge in [-0.05, 0) is 43.5 Å². The molecule has 0 spiro atoms. The van der Waals surface area contributed by atoms with Crippen LogP contribution in [0.2, 0.25) is 0 Å². The van der Waals surface area contributed by atoms with Gasteiger partial charge in [-0.3, -0.25) is 25.2 Å². The van der Waals surface area contributed by atoms with E-state index >= 15 is 0 Å². The van der Waals surface area contributed by atoms with E-state index in [2.05, 4.69) is 10.9 Å². The summed E-state index contributed by atoms with van der Waals surface area (Å²) >= 11 is 0. The van der Waals surface area contributed by atoms with Crippen molar-refractivity contribution >= 4 is 27.4 Å². The summed E-state index contributed by atoms with van der Waals surface area (Å²) in [6.45, 7) is 2.40. The lowest BCUT2D eigenvalue weighted by atomic mass is 10.1. The van der Waals surface area contributed by atoms with Crippen molar-refractivity contribution in [3.05, 3.63) is 29.8 Å². The van der Waals surface area contributed by atoms with Crippen LogP contribution in [-0.4, -0.2) is 44.1 Å². The first-order valence-corrected chi connectivity index (χ1v) is 10.7. The first-order chi connectivity index (χ1) is 12.8. The minimum atomic E-state index is -3.04. The van der Waals surface area contributed by atoms with E-state index in [4.69, 9.17) is 4.74 Å².